The first-order valence-corrected chi connectivity index (χ1v) is 5.89. The van der Waals surface area contributed by atoms with Crippen LogP contribution in [0.15, 0.2) is 35.5 Å². The third-order valence-corrected chi connectivity index (χ3v) is 3.14. The van der Waals surface area contributed by atoms with Crippen LogP contribution in [-0.4, -0.2) is 32.0 Å². The smallest absolute Gasteiger partial charge is 0.214 e. The summed E-state index contributed by atoms with van der Waals surface area (Å²) in [6, 6.07) is 9.81. The maximum absolute atomic E-state index is 5.58. The highest BCUT2D eigenvalue weighted by Crippen LogP contribution is 2.21. The second-order valence-electron chi connectivity index (χ2n) is 3.37. The van der Waals surface area contributed by atoms with Crippen molar-refractivity contribution in [2.45, 2.75) is 17.3 Å². The average Bonchev–Trinajstić information content (AvgIpc) is 2.78. The van der Waals surface area contributed by atoms with Gasteiger partial charge in [0.15, 0.2) is 0 Å². The third-order valence-electron chi connectivity index (χ3n) is 2.08. The predicted octanol–water partition coefficient (Wildman–Crippen LogP) is 1.10. The zero-order valence-corrected chi connectivity index (χ0v) is 9.76. The zero-order chi connectivity index (χ0) is 11.4. The number of hydrogen-bond acceptors (Lipinski definition) is 5. The number of hydrogen-bond donors (Lipinski definition) is 1. The summed E-state index contributed by atoms with van der Waals surface area (Å²) >= 11 is 1.57. The molecule has 0 saturated carbocycles. The fourth-order valence-corrected chi connectivity index (χ4v) is 1.99. The van der Waals surface area contributed by atoms with E-state index in [0.29, 0.717) is 11.8 Å². The quantitative estimate of drug-likeness (QED) is 0.804. The molecule has 16 heavy (non-hydrogen) atoms. The minimum atomic E-state index is 0.300. The maximum Gasteiger partial charge on any atom is 0.214 e. The fourth-order valence-electron chi connectivity index (χ4n) is 1.21. The van der Waals surface area contributed by atoms with Crippen LogP contribution in [0.2, 0.25) is 0 Å². The normalized spacial score (nSPS) is 12.6. The summed E-state index contributed by atoms with van der Waals surface area (Å²) in [5, 5.41) is 12.7. The summed E-state index contributed by atoms with van der Waals surface area (Å²) in [5.41, 5.74) is 6.54. The van der Waals surface area contributed by atoms with Gasteiger partial charge >= 0.3 is 0 Å². The highest BCUT2D eigenvalue weighted by atomic mass is 32.2. The Morgan fingerprint density at radius 1 is 1.38 bits per heavy atom. The second-order valence-corrected chi connectivity index (χ2v) is 4.78. The van der Waals surface area contributed by atoms with Crippen LogP contribution in [0.1, 0.15) is 6.92 Å². The Balaban J connectivity index is 2.26. The van der Waals surface area contributed by atoms with Crippen molar-refractivity contribution in [1.82, 2.24) is 20.2 Å². The molecule has 1 aromatic heterocycles. The standard InChI is InChI=1S/C10H13N5S/c1-8(7-11)16-10-12-13-14-15(10)9-5-3-2-4-6-9/h2-6,8H,7,11H2,1H3. The highest BCUT2D eigenvalue weighted by Gasteiger charge is 2.11. The van der Waals surface area contributed by atoms with E-state index in [-0.39, 0.29) is 0 Å². The number of nitrogens with zero attached hydrogens (tertiary/aromatic N) is 4. The van der Waals surface area contributed by atoms with Crippen LogP contribution in [0.4, 0.5) is 0 Å². The summed E-state index contributed by atoms with van der Waals surface area (Å²) in [6.45, 7) is 2.65. The van der Waals surface area contributed by atoms with Crippen LogP contribution in [-0.2, 0) is 0 Å². The molecule has 0 aliphatic carbocycles. The molecule has 0 amide bonds. The van der Waals surface area contributed by atoms with Gasteiger partial charge in [-0.3, -0.25) is 0 Å². The lowest BCUT2D eigenvalue weighted by atomic mass is 10.3. The van der Waals surface area contributed by atoms with Gasteiger partial charge in [-0.1, -0.05) is 36.9 Å². The van der Waals surface area contributed by atoms with Gasteiger partial charge in [0.25, 0.3) is 0 Å². The molecule has 1 atom stereocenters. The van der Waals surface area contributed by atoms with Gasteiger partial charge < -0.3 is 5.73 Å². The van der Waals surface area contributed by atoms with Gasteiger partial charge in [-0.05, 0) is 22.6 Å². The van der Waals surface area contributed by atoms with Gasteiger partial charge in [0.1, 0.15) is 0 Å². The van der Waals surface area contributed by atoms with E-state index in [1.807, 2.05) is 30.3 Å². The Kier molecular flexibility index (Phi) is 3.53. The Morgan fingerprint density at radius 3 is 2.81 bits per heavy atom. The average molecular weight is 235 g/mol. The van der Waals surface area contributed by atoms with E-state index in [1.165, 1.54) is 0 Å². The molecule has 0 aliphatic rings. The number of tetrazole rings is 1. The molecule has 1 unspecified atom stereocenters. The molecule has 0 bridgehead atoms. The summed E-state index contributed by atoms with van der Waals surface area (Å²) < 4.78 is 1.72. The van der Waals surface area contributed by atoms with Crippen molar-refractivity contribution in [1.29, 1.82) is 0 Å². The fraction of sp³-hybridized carbons (Fsp3) is 0.300. The Hall–Kier alpha value is -1.40. The third kappa shape index (κ3) is 2.40. The number of benzene rings is 1. The van der Waals surface area contributed by atoms with Crippen molar-refractivity contribution < 1.29 is 0 Å². The van der Waals surface area contributed by atoms with Crippen LogP contribution in [0.25, 0.3) is 5.69 Å². The first kappa shape index (κ1) is 11.1. The molecule has 0 spiro atoms. The van der Waals surface area contributed by atoms with E-state index in [4.69, 9.17) is 5.73 Å². The lowest BCUT2D eigenvalue weighted by Crippen LogP contribution is -2.13. The lowest BCUT2D eigenvalue weighted by Gasteiger charge is -2.07. The molecular formula is C10H13N5S. The molecule has 1 heterocycles. The lowest BCUT2D eigenvalue weighted by molar-refractivity contribution is 0.754. The minimum absolute atomic E-state index is 0.300. The first-order valence-electron chi connectivity index (χ1n) is 5.02. The summed E-state index contributed by atoms with van der Waals surface area (Å²) in [7, 11) is 0. The van der Waals surface area contributed by atoms with E-state index < -0.39 is 0 Å². The van der Waals surface area contributed by atoms with Crippen molar-refractivity contribution in [3.05, 3.63) is 30.3 Å². The van der Waals surface area contributed by atoms with Gasteiger partial charge in [0.05, 0.1) is 5.69 Å². The Morgan fingerprint density at radius 2 is 2.12 bits per heavy atom. The van der Waals surface area contributed by atoms with Gasteiger partial charge in [0, 0.05) is 11.8 Å². The number of para-hydroxylation sites is 1. The van der Waals surface area contributed by atoms with Crippen molar-refractivity contribution in [2.24, 2.45) is 5.73 Å². The Bertz CT molecular complexity index is 441. The summed E-state index contributed by atoms with van der Waals surface area (Å²) in [4.78, 5) is 0. The molecule has 2 N–H and O–H groups in total. The number of rotatable bonds is 4. The molecule has 2 aromatic rings. The van der Waals surface area contributed by atoms with Crippen molar-refractivity contribution in [2.75, 3.05) is 6.54 Å². The molecule has 0 saturated heterocycles. The largest absolute Gasteiger partial charge is 0.329 e. The van der Waals surface area contributed by atoms with Crippen molar-refractivity contribution in [3.8, 4) is 5.69 Å². The van der Waals surface area contributed by atoms with E-state index in [1.54, 1.807) is 16.4 Å². The van der Waals surface area contributed by atoms with Crippen LogP contribution in [0.3, 0.4) is 0 Å². The van der Waals surface area contributed by atoms with Gasteiger partial charge in [-0.2, -0.15) is 4.68 Å². The van der Waals surface area contributed by atoms with E-state index in [9.17, 15) is 0 Å². The number of thioether (sulfide) groups is 1. The second kappa shape index (κ2) is 5.09. The van der Waals surface area contributed by atoms with Crippen molar-refractivity contribution in [3.63, 3.8) is 0 Å². The predicted molar refractivity (Wildman–Crippen MR) is 63.5 cm³/mol. The van der Waals surface area contributed by atoms with Gasteiger partial charge in [-0.15, -0.1) is 5.10 Å². The molecule has 0 fully saturated rings. The topological polar surface area (TPSA) is 69.6 Å². The summed E-state index contributed by atoms with van der Waals surface area (Å²) in [5.74, 6) is 0. The SMILES string of the molecule is CC(CN)Sc1nnnn1-c1ccccc1. The van der Waals surface area contributed by atoms with Gasteiger partial charge in [-0.25, -0.2) is 0 Å². The number of nitrogens with two attached hydrogens (primary N) is 1. The molecule has 84 valence electrons. The van der Waals surface area contributed by atoms with Crippen LogP contribution in [0, 0.1) is 0 Å². The van der Waals surface area contributed by atoms with Gasteiger partial charge in [0.2, 0.25) is 5.16 Å². The monoisotopic (exact) mass is 235 g/mol. The minimum Gasteiger partial charge on any atom is -0.329 e. The van der Waals surface area contributed by atoms with Crippen molar-refractivity contribution >= 4 is 11.8 Å². The van der Waals surface area contributed by atoms with Crippen LogP contribution >= 0.6 is 11.8 Å². The molecule has 0 aliphatic heterocycles. The molecule has 2 rings (SSSR count). The molecule has 6 heteroatoms. The highest BCUT2D eigenvalue weighted by molar-refractivity contribution is 7.99. The zero-order valence-electron chi connectivity index (χ0n) is 8.95. The maximum atomic E-state index is 5.58. The van der Waals surface area contributed by atoms with E-state index in [2.05, 4.69) is 22.4 Å². The van der Waals surface area contributed by atoms with Crippen LogP contribution in [0.5, 0.6) is 0 Å². The Labute approximate surface area is 98.0 Å². The number of aromatic nitrogens is 4. The van der Waals surface area contributed by atoms with E-state index >= 15 is 0 Å². The molecule has 0 radical (unpaired) electrons. The molecular weight excluding hydrogens is 222 g/mol. The summed E-state index contributed by atoms with van der Waals surface area (Å²) in [6.07, 6.45) is 0. The van der Waals surface area contributed by atoms with Crippen LogP contribution < -0.4 is 5.73 Å². The van der Waals surface area contributed by atoms with E-state index in [0.717, 1.165) is 10.8 Å². The molecule has 5 nitrogen and oxygen atoms in total. The molecule has 1 aromatic carbocycles. The first-order chi connectivity index (χ1) is 7.81.